The Hall–Kier alpha value is -0.610. The summed E-state index contributed by atoms with van der Waals surface area (Å²) < 4.78 is 0. The summed E-state index contributed by atoms with van der Waals surface area (Å²) in [5.74, 6) is 0.706. The molecule has 1 saturated heterocycles. The van der Waals surface area contributed by atoms with E-state index in [1.54, 1.807) is 0 Å². The van der Waals surface area contributed by atoms with Crippen molar-refractivity contribution in [1.29, 1.82) is 0 Å². The van der Waals surface area contributed by atoms with Gasteiger partial charge in [0.15, 0.2) is 0 Å². The molecule has 3 N–H and O–H groups in total. The van der Waals surface area contributed by atoms with Crippen molar-refractivity contribution in [3.05, 3.63) is 0 Å². The predicted molar refractivity (Wildman–Crippen MR) is 80.4 cm³/mol. The van der Waals surface area contributed by atoms with E-state index in [9.17, 15) is 9.90 Å². The number of hydrogen-bond acceptors (Lipinski definition) is 3. The minimum Gasteiger partial charge on any atom is -0.388 e. The highest BCUT2D eigenvalue weighted by Crippen LogP contribution is 2.34. The molecule has 2 fully saturated rings. The third-order valence-electron chi connectivity index (χ3n) is 5.36. The Kier molecular flexibility index (Phi) is 5.08. The van der Waals surface area contributed by atoms with Crippen LogP contribution in [-0.2, 0) is 4.79 Å². The van der Waals surface area contributed by atoms with Gasteiger partial charge in [-0.15, -0.1) is 0 Å². The van der Waals surface area contributed by atoms with Gasteiger partial charge in [-0.25, -0.2) is 0 Å². The first-order chi connectivity index (χ1) is 9.50. The normalized spacial score (nSPS) is 33.6. The van der Waals surface area contributed by atoms with Crippen LogP contribution in [0.15, 0.2) is 0 Å². The Balaban J connectivity index is 1.90. The number of aliphatic hydroxyl groups is 1. The van der Waals surface area contributed by atoms with Crippen LogP contribution in [0.3, 0.4) is 0 Å². The molecule has 0 aromatic rings. The molecule has 2 rings (SSSR count). The summed E-state index contributed by atoms with van der Waals surface area (Å²) in [7, 11) is 0. The lowest BCUT2D eigenvalue weighted by atomic mass is 9.75. The zero-order valence-corrected chi connectivity index (χ0v) is 13.0. The van der Waals surface area contributed by atoms with Crippen LogP contribution in [0.1, 0.15) is 58.8 Å². The average molecular weight is 282 g/mol. The van der Waals surface area contributed by atoms with Gasteiger partial charge in [-0.1, -0.05) is 26.7 Å². The molecule has 0 spiro atoms. The number of hydrogen-bond donors (Lipinski definition) is 3. The summed E-state index contributed by atoms with van der Waals surface area (Å²) in [6.45, 7) is 6.55. The van der Waals surface area contributed by atoms with E-state index in [2.05, 4.69) is 24.5 Å². The lowest BCUT2D eigenvalue weighted by Gasteiger charge is -2.39. The maximum Gasteiger partial charge on any atom is 0.226 e. The third-order valence-corrected chi connectivity index (χ3v) is 5.36. The van der Waals surface area contributed by atoms with Crippen molar-refractivity contribution in [1.82, 2.24) is 10.6 Å². The molecule has 2 unspecified atom stereocenters. The summed E-state index contributed by atoms with van der Waals surface area (Å²) in [5.41, 5.74) is -0.906. The minimum atomic E-state index is -0.685. The molecule has 1 aliphatic carbocycles. The molecule has 0 aromatic carbocycles. The lowest BCUT2D eigenvalue weighted by molar-refractivity contribution is -0.134. The predicted octanol–water partition coefficient (Wildman–Crippen LogP) is 1.82. The van der Waals surface area contributed by atoms with Gasteiger partial charge >= 0.3 is 0 Å². The zero-order chi connectivity index (χ0) is 14.6. The van der Waals surface area contributed by atoms with Gasteiger partial charge in [0, 0.05) is 6.54 Å². The van der Waals surface area contributed by atoms with Crippen LogP contribution < -0.4 is 10.6 Å². The van der Waals surface area contributed by atoms with E-state index in [0.717, 1.165) is 51.6 Å². The van der Waals surface area contributed by atoms with Crippen LogP contribution in [0, 0.1) is 11.3 Å². The molecule has 2 aliphatic rings. The first kappa shape index (κ1) is 15.8. The maximum atomic E-state index is 12.6. The van der Waals surface area contributed by atoms with Crippen LogP contribution in [0.2, 0.25) is 0 Å². The van der Waals surface area contributed by atoms with E-state index >= 15 is 0 Å². The van der Waals surface area contributed by atoms with Crippen LogP contribution >= 0.6 is 0 Å². The summed E-state index contributed by atoms with van der Waals surface area (Å²) in [6, 6.07) is 0. The second kappa shape index (κ2) is 6.44. The van der Waals surface area contributed by atoms with Crippen LogP contribution in [0.5, 0.6) is 0 Å². The van der Waals surface area contributed by atoms with E-state index < -0.39 is 5.60 Å². The fourth-order valence-electron chi connectivity index (χ4n) is 3.87. The Morgan fingerprint density at radius 1 is 1.35 bits per heavy atom. The second-order valence-electron chi connectivity index (χ2n) is 6.99. The number of rotatable bonds is 4. The van der Waals surface area contributed by atoms with Crippen LogP contribution in [0.4, 0.5) is 0 Å². The van der Waals surface area contributed by atoms with Crippen molar-refractivity contribution in [2.45, 2.75) is 64.4 Å². The van der Waals surface area contributed by atoms with Gasteiger partial charge < -0.3 is 15.7 Å². The van der Waals surface area contributed by atoms with Crippen molar-refractivity contribution in [2.24, 2.45) is 11.3 Å². The maximum absolute atomic E-state index is 12.6. The average Bonchev–Trinajstić information content (AvgIpc) is 2.45. The summed E-state index contributed by atoms with van der Waals surface area (Å²) in [4.78, 5) is 12.6. The van der Waals surface area contributed by atoms with Crippen molar-refractivity contribution in [2.75, 3.05) is 19.6 Å². The molecule has 1 saturated carbocycles. The highest BCUT2D eigenvalue weighted by molar-refractivity contribution is 5.82. The quantitative estimate of drug-likeness (QED) is 0.737. The number of carbonyl (C=O) groups is 1. The van der Waals surface area contributed by atoms with Gasteiger partial charge in [0.2, 0.25) is 5.91 Å². The van der Waals surface area contributed by atoms with E-state index in [1.807, 2.05) is 0 Å². The molecule has 0 aromatic heterocycles. The third kappa shape index (κ3) is 3.53. The largest absolute Gasteiger partial charge is 0.388 e. The molecule has 4 heteroatoms. The fourth-order valence-corrected chi connectivity index (χ4v) is 3.87. The molecule has 1 amide bonds. The van der Waals surface area contributed by atoms with Crippen molar-refractivity contribution in [3.63, 3.8) is 0 Å². The van der Waals surface area contributed by atoms with Gasteiger partial charge in [-0.3, -0.25) is 4.79 Å². The minimum absolute atomic E-state index is 0.146. The zero-order valence-electron chi connectivity index (χ0n) is 13.0. The number of piperidine rings is 1. The highest BCUT2D eigenvalue weighted by atomic mass is 16.3. The van der Waals surface area contributed by atoms with Crippen molar-refractivity contribution < 1.29 is 9.90 Å². The topological polar surface area (TPSA) is 61.4 Å². The summed E-state index contributed by atoms with van der Waals surface area (Å²) >= 11 is 0. The van der Waals surface area contributed by atoms with Gasteiger partial charge in [0.25, 0.3) is 0 Å². The molecule has 0 bridgehead atoms. The van der Waals surface area contributed by atoms with Gasteiger partial charge in [0.05, 0.1) is 11.0 Å². The molecule has 4 nitrogen and oxygen atoms in total. The molecule has 0 radical (unpaired) electrons. The fraction of sp³-hybridized carbons (Fsp3) is 0.938. The van der Waals surface area contributed by atoms with Crippen LogP contribution in [-0.4, -0.2) is 36.2 Å². The Morgan fingerprint density at radius 2 is 2.05 bits per heavy atom. The van der Waals surface area contributed by atoms with Crippen molar-refractivity contribution >= 4 is 5.91 Å². The van der Waals surface area contributed by atoms with E-state index in [1.165, 1.54) is 6.42 Å². The smallest absolute Gasteiger partial charge is 0.226 e. The second-order valence-corrected chi connectivity index (χ2v) is 6.99. The molecule has 1 heterocycles. The highest BCUT2D eigenvalue weighted by Gasteiger charge is 2.39. The Bertz CT molecular complexity index is 339. The summed E-state index contributed by atoms with van der Waals surface area (Å²) in [5, 5.41) is 17.0. The van der Waals surface area contributed by atoms with E-state index in [-0.39, 0.29) is 11.3 Å². The van der Waals surface area contributed by atoms with Gasteiger partial charge in [0.1, 0.15) is 0 Å². The first-order valence-electron chi connectivity index (χ1n) is 8.21. The number of nitrogens with one attached hydrogen (secondary N) is 2. The van der Waals surface area contributed by atoms with Gasteiger partial charge in [-0.2, -0.15) is 0 Å². The number of carbonyl (C=O) groups excluding carboxylic acids is 1. The molecular formula is C16H30N2O2. The van der Waals surface area contributed by atoms with Crippen molar-refractivity contribution in [3.8, 4) is 0 Å². The standard InChI is InChI=1S/C16H30N2O2/c1-3-15(7-9-17-10-8-15)14(19)18-12-16(20)6-4-5-13(2)11-16/h13,17,20H,3-12H2,1-2H3,(H,18,19). The Morgan fingerprint density at radius 3 is 2.65 bits per heavy atom. The first-order valence-corrected chi connectivity index (χ1v) is 8.21. The van der Waals surface area contributed by atoms with Gasteiger partial charge in [-0.05, 0) is 51.1 Å². The molecule has 2 atom stereocenters. The Labute approximate surface area is 122 Å². The summed E-state index contributed by atoms with van der Waals surface area (Å²) in [6.07, 6.45) is 6.59. The molecule has 116 valence electrons. The van der Waals surface area contributed by atoms with E-state index in [4.69, 9.17) is 0 Å². The molecule has 20 heavy (non-hydrogen) atoms. The molecular weight excluding hydrogens is 252 g/mol. The monoisotopic (exact) mass is 282 g/mol. The van der Waals surface area contributed by atoms with E-state index in [0.29, 0.717) is 12.5 Å². The number of amides is 1. The lowest BCUT2D eigenvalue weighted by Crippen LogP contribution is -2.52. The molecule has 1 aliphatic heterocycles. The van der Waals surface area contributed by atoms with Crippen LogP contribution in [0.25, 0.3) is 0 Å². The SMILES string of the molecule is CCC1(C(=O)NCC2(O)CCCC(C)C2)CCNCC1.